The molecule has 0 atom stereocenters. The van der Waals surface area contributed by atoms with Crippen molar-refractivity contribution in [2.45, 2.75) is 13.3 Å². The highest BCUT2D eigenvalue weighted by molar-refractivity contribution is 5.97. The van der Waals surface area contributed by atoms with Crippen LogP contribution in [0, 0.1) is 0 Å². The van der Waals surface area contributed by atoms with Gasteiger partial charge in [-0.3, -0.25) is 9.59 Å². The molecule has 1 aromatic heterocycles. The average molecular weight is 290 g/mol. The number of hydrogen-bond acceptors (Lipinski definition) is 5. The molecule has 2 rings (SSSR count). The summed E-state index contributed by atoms with van der Waals surface area (Å²) < 4.78 is 10.1. The van der Waals surface area contributed by atoms with E-state index < -0.39 is 5.97 Å². The highest BCUT2D eigenvalue weighted by Gasteiger charge is 2.21. The van der Waals surface area contributed by atoms with Gasteiger partial charge in [0.25, 0.3) is 5.91 Å². The van der Waals surface area contributed by atoms with Gasteiger partial charge >= 0.3 is 5.97 Å². The first kappa shape index (κ1) is 14.9. The van der Waals surface area contributed by atoms with Gasteiger partial charge in [0.1, 0.15) is 12.1 Å². The number of carbonyl (C=O) groups excluding carboxylic acids is 2. The zero-order valence-electron chi connectivity index (χ0n) is 12.1. The number of methoxy groups -OCH3 is 1. The van der Waals surface area contributed by atoms with Gasteiger partial charge in [-0.15, -0.1) is 0 Å². The number of rotatable bonds is 5. The summed E-state index contributed by atoms with van der Waals surface area (Å²) in [5.41, 5.74) is 6.89. The lowest BCUT2D eigenvalue weighted by molar-refractivity contribution is -0.141. The van der Waals surface area contributed by atoms with Gasteiger partial charge in [-0.25, -0.2) is 0 Å². The van der Waals surface area contributed by atoms with Gasteiger partial charge in [0, 0.05) is 17.6 Å². The molecule has 21 heavy (non-hydrogen) atoms. The predicted octanol–water partition coefficient (Wildman–Crippen LogP) is 2.04. The molecule has 6 nitrogen and oxygen atoms in total. The van der Waals surface area contributed by atoms with E-state index in [2.05, 4.69) is 4.74 Å². The molecule has 2 aromatic rings. The number of nitrogens with two attached hydrogens (primary N) is 1. The summed E-state index contributed by atoms with van der Waals surface area (Å²) >= 11 is 0. The Kier molecular flexibility index (Phi) is 4.47. The van der Waals surface area contributed by atoms with Crippen molar-refractivity contribution in [3.63, 3.8) is 0 Å². The lowest BCUT2D eigenvalue weighted by Crippen LogP contribution is -2.36. The summed E-state index contributed by atoms with van der Waals surface area (Å²) in [6.07, 6.45) is 0.732. The smallest absolute Gasteiger partial charge is 0.325 e. The van der Waals surface area contributed by atoms with Crippen molar-refractivity contribution in [1.82, 2.24) is 4.90 Å². The lowest BCUT2D eigenvalue weighted by atomic mass is 10.2. The maximum atomic E-state index is 12.4. The Bertz CT molecular complexity index is 663. The number of nitrogen functional groups attached to an aromatic ring is 1. The van der Waals surface area contributed by atoms with Crippen molar-refractivity contribution in [1.29, 1.82) is 0 Å². The molecule has 0 aliphatic rings. The Morgan fingerprint density at radius 2 is 2.10 bits per heavy atom. The Morgan fingerprint density at radius 1 is 1.33 bits per heavy atom. The van der Waals surface area contributed by atoms with Crippen molar-refractivity contribution < 1.29 is 18.7 Å². The minimum Gasteiger partial charge on any atom is -0.468 e. The van der Waals surface area contributed by atoms with Crippen molar-refractivity contribution in [3.8, 4) is 0 Å². The average Bonchev–Trinajstić information content (AvgIpc) is 2.88. The van der Waals surface area contributed by atoms with Crippen LogP contribution in [-0.4, -0.2) is 37.0 Å². The Morgan fingerprint density at radius 3 is 2.76 bits per heavy atom. The first-order valence-electron chi connectivity index (χ1n) is 6.70. The minimum absolute atomic E-state index is 0.0949. The van der Waals surface area contributed by atoms with Crippen LogP contribution in [0.5, 0.6) is 0 Å². The van der Waals surface area contributed by atoms with Crippen molar-refractivity contribution in [3.05, 3.63) is 30.0 Å². The molecule has 0 unspecified atom stereocenters. The fourth-order valence-electron chi connectivity index (χ4n) is 2.07. The van der Waals surface area contributed by atoms with E-state index in [-0.39, 0.29) is 18.2 Å². The van der Waals surface area contributed by atoms with Crippen LogP contribution in [-0.2, 0) is 9.53 Å². The van der Waals surface area contributed by atoms with E-state index in [1.165, 1.54) is 12.0 Å². The summed E-state index contributed by atoms with van der Waals surface area (Å²) in [6.45, 7) is 2.28. The number of nitrogens with zero attached hydrogens (tertiary/aromatic N) is 1. The van der Waals surface area contributed by atoms with Crippen LogP contribution in [0.3, 0.4) is 0 Å². The third-order valence-electron chi connectivity index (χ3n) is 3.08. The second-order valence-electron chi connectivity index (χ2n) is 4.71. The molecule has 1 aromatic carbocycles. The van der Waals surface area contributed by atoms with E-state index >= 15 is 0 Å². The summed E-state index contributed by atoms with van der Waals surface area (Å²) in [7, 11) is 1.29. The molecule has 0 aliphatic carbocycles. The molecule has 0 bridgehead atoms. The molecule has 6 heteroatoms. The van der Waals surface area contributed by atoms with Crippen molar-refractivity contribution in [2.24, 2.45) is 0 Å². The molecule has 1 amide bonds. The lowest BCUT2D eigenvalue weighted by Gasteiger charge is -2.19. The summed E-state index contributed by atoms with van der Waals surface area (Å²) in [4.78, 5) is 25.2. The number of benzene rings is 1. The Balaban J connectivity index is 2.27. The number of amides is 1. The molecular weight excluding hydrogens is 272 g/mol. The van der Waals surface area contributed by atoms with Gasteiger partial charge in [-0.05, 0) is 30.7 Å². The van der Waals surface area contributed by atoms with E-state index in [0.717, 1.165) is 11.8 Å². The summed E-state index contributed by atoms with van der Waals surface area (Å²) in [6, 6.07) is 6.79. The number of fused-ring (bicyclic) bond motifs is 1. The Labute approximate surface area is 122 Å². The van der Waals surface area contributed by atoms with Crippen LogP contribution in [0.25, 0.3) is 11.0 Å². The van der Waals surface area contributed by atoms with Gasteiger partial charge in [-0.1, -0.05) is 6.92 Å². The molecule has 0 saturated carbocycles. The number of esters is 1. The number of carbonyl (C=O) groups is 2. The first-order chi connectivity index (χ1) is 10.0. The minimum atomic E-state index is -0.461. The number of hydrogen-bond donors (Lipinski definition) is 1. The molecule has 0 spiro atoms. The molecule has 0 radical (unpaired) electrons. The SMILES string of the molecule is CCCN(CC(=O)OC)C(=O)c1cc2cc(N)ccc2o1. The zero-order valence-corrected chi connectivity index (χ0v) is 12.1. The third-order valence-corrected chi connectivity index (χ3v) is 3.08. The maximum Gasteiger partial charge on any atom is 0.325 e. The number of anilines is 1. The van der Waals surface area contributed by atoms with Gasteiger partial charge in [0.05, 0.1) is 7.11 Å². The van der Waals surface area contributed by atoms with Crippen LogP contribution in [0.15, 0.2) is 28.7 Å². The molecule has 0 fully saturated rings. The highest BCUT2D eigenvalue weighted by atomic mass is 16.5. The van der Waals surface area contributed by atoms with Gasteiger partial charge < -0.3 is 19.8 Å². The highest BCUT2D eigenvalue weighted by Crippen LogP contribution is 2.22. The molecular formula is C15H18N2O4. The van der Waals surface area contributed by atoms with Crippen molar-refractivity contribution >= 4 is 28.5 Å². The largest absolute Gasteiger partial charge is 0.468 e. The van der Waals surface area contributed by atoms with E-state index in [4.69, 9.17) is 10.2 Å². The molecule has 112 valence electrons. The Hall–Kier alpha value is -2.50. The van der Waals surface area contributed by atoms with Crippen molar-refractivity contribution in [2.75, 3.05) is 25.9 Å². The van der Waals surface area contributed by atoms with Gasteiger partial charge in [0.2, 0.25) is 0 Å². The molecule has 1 heterocycles. The second-order valence-corrected chi connectivity index (χ2v) is 4.71. The van der Waals surface area contributed by atoms with Gasteiger partial charge in [-0.2, -0.15) is 0 Å². The maximum absolute atomic E-state index is 12.4. The van der Waals surface area contributed by atoms with Crippen LogP contribution in [0.4, 0.5) is 5.69 Å². The second kappa shape index (κ2) is 6.30. The number of ether oxygens (including phenoxy) is 1. The first-order valence-corrected chi connectivity index (χ1v) is 6.70. The molecule has 0 aliphatic heterocycles. The fraction of sp³-hybridized carbons (Fsp3) is 0.333. The molecule has 0 saturated heterocycles. The van der Waals surface area contributed by atoms with Crippen LogP contribution >= 0.6 is 0 Å². The van der Waals surface area contributed by atoms with E-state index in [0.29, 0.717) is 17.8 Å². The summed E-state index contributed by atoms with van der Waals surface area (Å²) in [5, 5.41) is 0.757. The zero-order chi connectivity index (χ0) is 15.4. The van der Waals surface area contributed by atoms with E-state index in [1.54, 1.807) is 24.3 Å². The van der Waals surface area contributed by atoms with Crippen LogP contribution in [0.2, 0.25) is 0 Å². The van der Waals surface area contributed by atoms with Crippen LogP contribution < -0.4 is 5.73 Å². The standard InChI is InChI=1S/C15H18N2O4/c1-3-6-17(9-14(18)20-2)15(19)13-8-10-7-11(16)4-5-12(10)21-13/h4-5,7-8H,3,6,9,16H2,1-2H3. The fourth-order valence-corrected chi connectivity index (χ4v) is 2.07. The van der Waals surface area contributed by atoms with Gasteiger partial charge in [0.15, 0.2) is 5.76 Å². The predicted molar refractivity (Wildman–Crippen MR) is 78.8 cm³/mol. The van der Waals surface area contributed by atoms with Crippen LogP contribution in [0.1, 0.15) is 23.9 Å². The molecule has 2 N–H and O–H groups in total. The monoisotopic (exact) mass is 290 g/mol. The van der Waals surface area contributed by atoms with E-state index in [1.807, 2.05) is 6.92 Å². The van der Waals surface area contributed by atoms with E-state index in [9.17, 15) is 9.59 Å². The number of furan rings is 1. The normalized spacial score (nSPS) is 10.6. The topological polar surface area (TPSA) is 85.8 Å². The quantitative estimate of drug-likeness (QED) is 0.672. The third kappa shape index (κ3) is 3.34. The summed E-state index contributed by atoms with van der Waals surface area (Å²) in [5.74, 6) is -0.609.